The predicted molar refractivity (Wildman–Crippen MR) is 82.2 cm³/mol. The first-order valence-corrected chi connectivity index (χ1v) is 7.20. The van der Waals surface area contributed by atoms with Gasteiger partial charge in [-0.05, 0) is 31.0 Å². The maximum atomic E-state index is 11.7. The number of hydrogen-bond acceptors (Lipinski definition) is 4. The molecule has 0 aromatic carbocycles. The van der Waals surface area contributed by atoms with Crippen LogP contribution in [0.4, 0.5) is 0 Å². The summed E-state index contributed by atoms with van der Waals surface area (Å²) >= 11 is 5.03. The zero-order valence-corrected chi connectivity index (χ0v) is 12.4. The second-order valence-corrected chi connectivity index (χ2v) is 5.50. The molecular formula is C14H20N4OS. The molecule has 1 aromatic heterocycles. The number of amides is 1. The summed E-state index contributed by atoms with van der Waals surface area (Å²) in [5.41, 5.74) is 7.41. The number of hydrogen-bond donors (Lipinski definition) is 2. The molecule has 0 aliphatic carbocycles. The van der Waals surface area contributed by atoms with E-state index in [9.17, 15) is 4.79 Å². The smallest absolute Gasteiger partial charge is 0.224 e. The van der Waals surface area contributed by atoms with Crippen molar-refractivity contribution in [3.05, 3.63) is 29.6 Å². The average Bonchev–Trinajstić information content (AvgIpc) is 2.47. The fourth-order valence-electron chi connectivity index (χ4n) is 2.65. The van der Waals surface area contributed by atoms with Crippen LogP contribution >= 0.6 is 12.2 Å². The Morgan fingerprint density at radius 2 is 2.45 bits per heavy atom. The Morgan fingerprint density at radius 3 is 3.15 bits per heavy atom. The highest BCUT2D eigenvalue weighted by atomic mass is 32.1. The normalized spacial score (nSPS) is 19.6. The molecule has 1 fully saturated rings. The number of carbonyl (C=O) groups is 1. The first kappa shape index (κ1) is 14.9. The van der Waals surface area contributed by atoms with E-state index in [2.05, 4.69) is 15.2 Å². The largest absolute Gasteiger partial charge is 0.388 e. The average molecular weight is 292 g/mol. The van der Waals surface area contributed by atoms with Gasteiger partial charge < -0.3 is 11.1 Å². The summed E-state index contributed by atoms with van der Waals surface area (Å²) in [4.78, 5) is 18.6. The third-order valence-electron chi connectivity index (χ3n) is 3.64. The van der Waals surface area contributed by atoms with Crippen LogP contribution < -0.4 is 11.1 Å². The van der Waals surface area contributed by atoms with Crippen molar-refractivity contribution < 1.29 is 4.79 Å². The molecule has 1 aliphatic rings. The molecule has 1 amide bonds. The third kappa shape index (κ3) is 3.52. The van der Waals surface area contributed by atoms with Crippen molar-refractivity contribution in [3.8, 4) is 0 Å². The Bertz CT molecular complexity index is 506. The molecular weight excluding hydrogens is 272 g/mol. The summed E-state index contributed by atoms with van der Waals surface area (Å²) in [6, 6.07) is 3.88. The van der Waals surface area contributed by atoms with Gasteiger partial charge in [0.05, 0.1) is 5.92 Å². The van der Waals surface area contributed by atoms with Crippen molar-refractivity contribution in [1.82, 2.24) is 15.2 Å². The summed E-state index contributed by atoms with van der Waals surface area (Å²) in [6.07, 6.45) is 3.67. The van der Waals surface area contributed by atoms with Gasteiger partial charge in [-0.3, -0.25) is 14.7 Å². The van der Waals surface area contributed by atoms with Gasteiger partial charge in [0.2, 0.25) is 5.91 Å². The van der Waals surface area contributed by atoms with Gasteiger partial charge in [-0.25, -0.2) is 0 Å². The van der Waals surface area contributed by atoms with Crippen LogP contribution in [0.2, 0.25) is 0 Å². The number of pyridine rings is 1. The molecule has 0 spiro atoms. The lowest BCUT2D eigenvalue weighted by Crippen LogP contribution is -2.42. The minimum Gasteiger partial charge on any atom is -0.388 e. The van der Waals surface area contributed by atoms with Crippen LogP contribution in [0.25, 0.3) is 0 Å². The molecule has 0 saturated carbocycles. The van der Waals surface area contributed by atoms with Crippen LogP contribution in [-0.4, -0.2) is 40.9 Å². The monoisotopic (exact) mass is 292 g/mol. The number of nitrogens with two attached hydrogens (primary N) is 1. The molecule has 3 N–H and O–H groups in total. The molecule has 6 heteroatoms. The van der Waals surface area contributed by atoms with Gasteiger partial charge in [0.1, 0.15) is 10.7 Å². The van der Waals surface area contributed by atoms with Gasteiger partial charge in [0.25, 0.3) is 0 Å². The fourth-order valence-corrected chi connectivity index (χ4v) is 2.83. The summed E-state index contributed by atoms with van der Waals surface area (Å²) in [6.45, 7) is 2.48. The number of nitrogens with one attached hydrogen (secondary N) is 1. The molecule has 1 aliphatic heterocycles. The number of nitrogens with zero attached hydrogens (tertiary/aromatic N) is 2. The first-order valence-electron chi connectivity index (χ1n) is 6.79. The fraction of sp³-hybridized carbons (Fsp3) is 0.500. The van der Waals surface area contributed by atoms with E-state index in [1.807, 2.05) is 12.1 Å². The minimum atomic E-state index is 0.0682. The highest BCUT2D eigenvalue weighted by Gasteiger charge is 2.25. The van der Waals surface area contributed by atoms with E-state index >= 15 is 0 Å². The molecule has 5 nitrogen and oxygen atoms in total. The number of aromatic nitrogens is 1. The van der Waals surface area contributed by atoms with E-state index in [1.54, 1.807) is 13.2 Å². The van der Waals surface area contributed by atoms with E-state index in [0.717, 1.165) is 38.0 Å². The van der Waals surface area contributed by atoms with E-state index in [1.165, 1.54) is 0 Å². The Labute approximate surface area is 124 Å². The molecule has 0 radical (unpaired) electrons. The topological polar surface area (TPSA) is 71.2 Å². The molecule has 1 unspecified atom stereocenters. The maximum absolute atomic E-state index is 11.7. The predicted octanol–water partition coefficient (Wildman–Crippen LogP) is 0.674. The van der Waals surface area contributed by atoms with Crippen molar-refractivity contribution in [1.29, 1.82) is 0 Å². The zero-order chi connectivity index (χ0) is 14.5. The molecule has 2 rings (SSSR count). The van der Waals surface area contributed by atoms with Crippen molar-refractivity contribution in [2.45, 2.75) is 19.4 Å². The molecule has 2 heterocycles. The number of likely N-dealkylation sites (tertiary alicyclic amines) is 1. The summed E-state index contributed by atoms with van der Waals surface area (Å²) in [5, 5.41) is 2.73. The van der Waals surface area contributed by atoms with Crippen LogP contribution in [0.3, 0.4) is 0 Å². The first-order chi connectivity index (χ1) is 9.61. The third-order valence-corrected chi connectivity index (χ3v) is 3.83. The molecule has 1 saturated heterocycles. The van der Waals surface area contributed by atoms with Crippen molar-refractivity contribution in [2.24, 2.45) is 11.7 Å². The van der Waals surface area contributed by atoms with Crippen LogP contribution in [0.1, 0.15) is 24.1 Å². The lowest BCUT2D eigenvalue weighted by atomic mass is 9.96. The Kier molecular flexibility index (Phi) is 5.03. The van der Waals surface area contributed by atoms with E-state index in [4.69, 9.17) is 18.0 Å². The van der Waals surface area contributed by atoms with Gasteiger partial charge >= 0.3 is 0 Å². The van der Waals surface area contributed by atoms with Gasteiger partial charge in [0, 0.05) is 26.3 Å². The highest BCUT2D eigenvalue weighted by molar-refractivity contribution is 7.80. The van der Waals surface area contributed by atoms with Crippen LogP contribution in [0.15, 0.2) is 18.3 Å². The maximum Gasteiger partial charge on any atom is 0.224 e. The molecule has 20 heavy (non-hydrogen) atoms. The van der Waals surface area contributed by atoms with Crippen molar-refractivity contribution >= 4 is 23.1 Å². The Morgan fingerprint density at radius 1 is 1.65 bits per heavy atom. The Hall–Kier alpha value is -1.53. The minimum absolute atomic E-state index is 0.0682. The van der Waals surface area contributed by atoms with Gasteiger partial charge in [-0.1, -0.05) is 18.3 Å². The number of rotatable bonds is 4. The standard InChI is InChI=1S/C14H20N4OS/c1-16-14(19)11-5-3-7-18(9-11)8-10-4-2-6-17-12(10)13(15)20/h2,4,6,11H,3,5,7-9H2,1H3,(H2,15,20)(H,16,19). The summed E-state index contributed by atoms with van der Waals surface area (Å²) in [7, 11) is 1.69. The van der Waals surface area contributed by atoms with Crippen LogP contribution in [0.5, 0.6) is 0 Å². The number of carbonyl (C=O) groups excluding carboxylic acids is 1. The van der Waals surface area contributed by atoms with Gasteiger partial charge in [-0.15, -0.1) is 0 Å². The van der Waals surface area contributed by atoms with E-state index < -0.39 is 0 Å². The quantitative estimate of drug-likeness (QED) is 0.798. The van der Waals surface area contributed by atoms with Gasteiger partial charge in [0.15, 0.2) is 0 Å². The lowest BCUT2D eigenvalue weighted by molar-refractivity contribution is -0.126. The Balaban J connectivity index is 2.06. The van der Waals surface area contributed by atoms with E-state index in [-0.39, 0.29) is 11.8 Å². The molecule has 0 bridgehead atoms. The van der Waals surface area contributed by atoms with E-state index in [0.29, 0.717) is 10.7 Å². The molecule has 1 atom stereocenters. The second kappa shape index (κ2) is 6.76. The SMILES string of the molecule is CNC(=O)C1CCCN(Cc2cccnc2C(N)=S)C1. The zero-order valence-electron chi connectivity index (χ0n) is 11.6. The summed E-state index contributed by atoms with van der Waals surface area (Å²) in [5.74, 6) is 0.189. The van der Waals surface area contributed by atoms with Crippen LogP contribution in [0, 0.1) is 5.92 Å². The molecule has 108 valence electrons. The van der Waals surface area contributed by atoms with Crippen molar-refractivity contribution in [2.75, 3.05) is 20.1 Å². The highest BCUT2D eigenvalue weighted by Crippen LogP contribution is 2.19. The number of thiocarbonyl (C=S) groups is 1. The second-order valence-electron chi connectivity index (χ2n) is 5.06. The molecule has 1 aromatic rings. The summed E-state index contributed by atoms with van der Waals surface area (Å²) < 4.78 is 0. The lowest BCUT2D eigenvalue weighted by Gasteiger charge is -2.32. The van der Waals surface area contributed by atoms with Crippen molar-refractivity contribution in [3.63, 3.8) is 0 Å². The van der Waals surface area contributed by atoms with Crippen LogP contribution in [-0.2, 0) is 11.3 Å². The number of piperidine rings is 1. The van der Waals surface area contributed by atoms with Gasteiger partial charge in [-0.2, -0.15) is 0 Å².